The molecule has 1 heterocycles. The average molecular weight is 560 g/mol. The molecule has 1 unspecified atom stereocenters. The molecular formula is C38H57NS. The highest BCUT2D eigenvalue weighted by Crippen LogP contribution is 2.61. The Labute approximate surface area is 249 Å². The molecule has 1 aliphatic heterocycles. The topological polar surface area (TPSA) is 12.4 Å². The summed E-state index contributed by atoms with van der Waals surface area (Å²) in [5, 5.41) is 3.65. The molecule has 2 aromatic carbocycles. The number of benzene rings is 2. The fourth-order valence-corrected chi connectivity index (χ4v) is 7.46. The second-order valence-electron chi connectivity index (χ2n) is 10.8. The minimum atomic E-state index is -1.42. The molecule has 40 heavy (non-hydrogen) atoms. The van der Waals surface area contributed by atoms with Crippen LogP contribution >= 0.6 is 10.0 Å². The van der Waals surface area contributed by atoms with Gasteiger partial charge in [0, 0.05) is 5.56 Å². The van der Waals surface area contributed by atoms with Crippen LogP contribution in [-0.2, 0) is 12.8 Å². The van der Waals surface area contributed by atoms with Crippen molar-refractivity contribution in [3.8, 4) is 0 Å². The first-order valence-electron chi connectivity index (χ1n) is 15.3. The summed E-state index contributed by atoms with van der Waals surface area (Å²) in [4.78, 5) is 6.70. The van der Waals surface area contributed by atoms with Crippen molar-refractivity contribution in [3.63, 3.8) is 0 Å². The zero-order valence-electron chi connectivity index (χ0n) is 27.8. The minimum Gasteiger partial charge on any atom is -0.242 e. The maximum absolute atomic E-state index is 5.29. The van der Waals surface area contributed by atoms with E-state index < -0.39 is 10.0 Å². The smallest absolute Gasteiger partial charge is 0.0943 e. The van der Waals surface area contributed by atoms with Crippen LogP contribution in [0.2, 0.25) is 0 Å². The molecule has 2 heteroatoms. The number of hydrogen-bond donors (Lipinski definition) is 0. The van der Waals surface area contributed by atoms with Gasteiger partial charge < -0.3 is 0 Å². The molecule has 2 aromatic rings. The predicted molar refractivity (Wildman–Crippen MR) is 186 cm³/mol. The Hall–Kier alpha value is -2.58. The lowest BCUT2D eigenvalue weighted by Gasteiger charge is -2.32. The van der Waals surface area contributed by atoms with Gasteiger partial charge in [-0.2, -0.15) is 10.0 Å². The van der Waals surface area contributed by atoms with E-state index in [9.17, 15) is 0 Å². The second-order valence-corrected chi connectivity index (χ2v) is 13.9. The third-order valence-corrected chi connectivity index (χ3v) is 10.1. The average Bonchev–Trinajstić information content (AvgIpc) is 3.31. The maximum atomic E-state index is 5.29. The molecule has 0 aromatic heterocycles. The van der Waals surface area contributed by atoms with Gasteiger partial charge in [0.25, 0.3) is 0 Å². The SMILES string of the molecule is C=C(C)C(/C=C(\C)C1=CS(C)(c2cc(CC)cc(CC)c2)C(c2ccc(C)cc2)=N1)=C(C)C.CC.CCCCC. The van der Waals surface area contributed by atoms with Crippen molar-refractivity contribution in [2.24, 2.45) is 4.99 Å². The minimum absolute atomic E-state index is 1.05. The van der Waals surface area contributed by atoms with Crippen molar-refractivity contribution >= 4 is 15.1 Å². The van der Waals surface area contributed by atoms with Crippen molar-refractivity contribution in [1.82, 2.24) is 0 Å². The van der Waals surface area contributed by atoms with Gasteiger partial charge in [-0.25, -0.2) is 4.99 Å². The van der Waals surface area contributed by atoms with Crippen LogP contribution in [0.3, 0.4) is 0 Å². The molecule has 0 bridgehead atoms. The molecule has 1 aliphatic rings. The number of hydrogen-bond acceptors (Lipinski definition) is 1. The van der Waals surface area contributed by atoms with Crippen LogP contribution in [0.5, 0.6) is 0 Å². The quantitative estimate of drug-likeness (QED) is 0.271. The summed E-state index contributed by atoms with van der Waals surface area (Å²) in [6, 6.07) is 16.0. The summed E-state index contributed by atoms with van der Waals surface area (Å²) in [6.45, 7) is 27.8. The van der Waals surface area contributed by atoms with E-state index in [2.05, 4.69) is 129 Å². The lowest BCUT2D eigenvalue weighted by molar-refractivity contribution is 0.772. The molecule has 0 radical (unpaired) electrons. The zero-order valence-corrected chi connectivity index (χ0v) is 28.6. The highest BCUT2D eigenvalue weighted by Gasteiger charge is 2.33. The van der Waals surface area contributed by atoms with E-state index in [0.717, 1.165) is 24.1 Å². The summed E-state index contributed by atoms with van der Waals surface area (Å²) < 4.78 is 0. The molecule has 0 saturated carbocycles. The first-order valence-corrected chi connectivity index (χ1v) is 17.4. The van der Waals surface area contributed by atoms with Gasteiger partial charge in [-0.3, -0.25) is 0 Å². The van der Waals surface area contributed by atoms with Crippen molar-refractivity contribution in [2.45, 2.75) is 113 Å². The summed E-state index contributed by atoms with van der Waals surface area (Å²) >= 11 is 0. The van der Waals surface area contributed by atoms with Crippen LogP contribution in [0.15, 0.2) is 98.4 Å². The Balaban J connectivity index is 0.00000103. The summed E-state index contributed by atoms with van der Waals surface area (Å²) in [7, 11) is -1.42. The Kier molecular flexibility index (Phi) is 15.3. The molecule has 0 N–H and O–H groups in total. The first kappa shape index (κ1) is 35.4. The number of aryl methyl sites for hydroxylation is 3. The van der Waals surface area contributed by atoms with E-state index in [0.29, 0.717) is 0 Å². The monoisotopic (exact) mass is 559 g/mol. The summed E-state index contributed by atoms with van der Waals surface area (Å²) in [5.41, 5.74) is 11.2. The first-order chi connectivity index (χ1) is 19.0. The van der Waals surface area contributed by atoms with Crippen LogP contribution < -0.4 is 0 Å². The Bertz CT molecular complexity index is 1210. The van der Waals surface area contributed by atoms with Gasteiger partial charge in [-0.1, -0.05) is 114 Å². The summed E-state index contributed by atoms with van der Waals surface area (Å²) in [6.07, 6.45) is 10.8. The molecule has 1 atom stereocenters. The molecule has 0 fully saturated rings. The predicted octanol–water partition coefficient (Wildman–Crippen LogP) is 12.3. The normalized spacial score (nSPS) is 17.8. The highest BCUT2D eigenvalue weighted by molar-refractivity contribution is 8.47. The van der Waals surface area contributed by atoms with E-state index in [4.69, 9.17) is 4.99 Å². The Morgan fingerprint density at radius 2 is 1.38 bits per heavy atom. The number of allylic oxidation sites excluding steroid dienone is 5. The van der Waals surface area contributed by atoms with Crippen LogP contribution in [0.4, 0.5) is 0 Å². The molecule has 220 valence electrons. The molecular weight excluding hydrogens is 502 g/mol. The standard InChI is InChI=1S/C31H39NS.C5H12.C2H6/c1-10-25-17-26(11-2)19-28(18-25)33(9)20-30(24(8)16-29(21(3)4)22(5)6)32-31(33)27-14-12-23(7)13-15-27;1-3-5-4-2;1-2/h12-20H,3,10-11H2,1-2,4-9H3;3-5H2,1-2H3;1-2H3/b24-16+;;. The Morgan fingerprint density at radius 1 is 0.850 bits per heavy atom. The molecule has 0 spiro atoms. The summed E-state index contributed by atoms with van der Waals surface area (Å²) in [5.74, 6) is 0. The molecule has 0 saturated heterocycles. The Morgan fingerprint density at radius 3 is 1.77 bits per heavy atom. The zero-order chi connectivity index (χ0) is 30.5. The van der Waals surface area contributed by atoms with Gasteiger partial charge in [0.1, 0.15) is 0 Å². The number of aliphatic imine (C=N–C) groups is 1. The van der Waals surface area contributed by atoms with Crippen molar-refractivity contribution in [3.05, 3.63) is 111 Å². The van der Waals surface area contributed by atoms with Crippen molar-refractivity contribution in [2.75, 3.05) is 6.26 Å². The van der Waals surface area contributed by atoms with Crippen LogP contribution in [0, 0.1) is 6.92 Å². The largest absolute Gasteiger partial charge is 0.242 e. The lowest BCUT2D eigenvalue weighted by atomic mass is 10.0. The number of unbranched alkanes of at least 4 members (excludes halogenated alkanes) is 2. The highest BCUT2D eigenvalue weighted by atomic mass is 32.3. The van der Waals surface area contributed by atoms with Gasteiger partial charge >= 0.3 is 0 Å². The van der Waals surface area contributed by atoms with E-state index >= 15 is 0 Å². The second kappa shape index (κ2) is 17.3. The fourth-order valence-electron chi connectivity index (χ4n) is 4.60. The molecule has 1 nitrogen and oxygen atoms in total. The van der Waals surface area contributed by atoms with Gasteiger partial charge in [-0.15, -0.1) is 0 Å². The third-order valence-electron chi connectivity index (χ3n) is 7.07. The van der Waals surface area contributed by atoms with E-state index in [1.54, 1.807) is 0 Å². The van der Waals surface area contributed by atoms with Crippen LogP contribution in [-0.4, -0.2) is 11.3 Å². The van der Waals surface area contributed by atoms with Crippen LogP contribution in [0.25, 0.3) is 0 Å². The fraction of sp³-hybridized carbons (Fsp3) is 0.447. The van der Waals surface area contributed by atoms with E-state index in [-0.39, 0.29) is 0 Å². The molecule has 0 amide bonds. The maximum Gasteiger partial charge on any atom is 0.0943 e. The van der Waals surface area contributed by atoms with Crippen molar-refractivity contribution in [1.29, 1.82) is 0 Å². The lowest BCUT2D eigenvalue weighted by Crippen LogP contribution is -2.09. The number of rotatable bonds is 9. The van der Waals surface area contributed by atoms with Gasteiger partial charge in [0.2, 0.25) is 0 Å². The van der Waals surface area contributed by atoms with E-state index in [1.165, 1.54) is 68.2 Å². The van der Waals surface area contributed by atoms with Gasteiger partial charge in [-0.05, 0) is 105 Å². The van der Waals surface area contributed by atoms with Gasteiger partial charge in [0.05, 0.1) is 10.7 Å². The molecule has 3 rings (SSSR count). The molecule has 0 aliphatic carbocycles. The van der Waals surface area contributed by atoms with Crippen LogP contribution in [0.1, 0.15) is 111 Å². The third kappa shape index (κ3) is 9.51. The van der Waals surface area contributed by atoms with E-state index in [1.807, 2.05) is 13.8 Å². The number of nitrogens with zero attached hydrogens (tertiary/aromatic N) is 1. The van der Waals surface area contributed by atoms with Gasteiger partial charge in [0.15, 0.2) is 0 Å². The van der Waals surface area contributed by atoms with Crippen molar-refractivity contribution < 1.29 is 0 Å².